The number of aryl methyl sites for hydroxylation is 2. The number of hydrogen-bond acceptors (Lipinski definition) is 4. The fourth-order valence-electron chi connectivity index (χ4n) is 1.89. The standard InChI is InChI=1S/C14H13N3O3/c1-10-7-11(2)16(14(18)8-10)15-9-12-5-3-4-6-13(12)17(19)20/h3-9H,1-2H3/b15-9+. The van der Waals surface area contributed by atoms with E-state index < -0.39 is 4.92 Å². The van der Waals surface area contributed by atoms with Crippen LogP contribution in [0.3, 0.4) is 0 Å². The molecule has 0 atom stereocenters. The molecule has 0 bridgehead atoms. The molecule has 6 nitrogen and oxygen atoms in total. The Kier molecular flexibility index (Phi) is 3.74. The Labute approximate surface area is 115 Å². The first-order chi connectivity index (χ1) is 9.49. The molecule has 2 aromatic rings. The minimum Gasteiger partial charge on any atom is -0.267 e. The minimum absolute atomic E-state index is 0.0472. The summed E-state index contributed by atoms with van der Waals surface area (Å²) in [6.07, 6.45) is 1.32. The van der Waals surface area contributed by atoms with E-state index in [1.165, 1.54) is 23.0 Å². The summed E-state index contributed by atoms with van der Waals surface area (Å²) in [5.41, 5.74) is 1.56. The lowest BCUT2D eigenvalue weighted by Crippen LogP contribution is -2.18. The van der Waals surface area contributed by atoms with Gasteiger partial charge in [-0.25, -0.2) is 4.68 Å². The van der Waals surface area contributed by atoms with Crippen LogP contribution in [-0.4, -0.2) is 15.8 Å². The second-order valence-corrected chi connectivity index (χ2v) is 4.38. The van der Waals surface area contributed by atoms with Crippen molar-refractivity contribution in [3.63, 3.8) is 0 Å². The maximum Gasteiger partial charge on any atom is 0.278 e. The number of nitrogens with zero attached hydrogens (tertiary/aromatic N) is 3. The smallest absolute Gasteiger partial charge is 0.267 e. The van der Waals surface area contributed by atoms with Crippen LogP contribution in [0.5, 0.6) is 0 Å². The molecule has 0 saturated carbocycles. The fraction of sp³-hybridized carbons (Fsp3) is 0.143. The van der Waals surface area contributed by atoms with E-state index in [9.17, 15) is 14.9 Å². The van der Waals surface area contributed by atoms with Gasteiger partial charge in [0.15, 0.2) is 0 Å². The third-order valence-corrected chi connectivity index (χ3v) is 2.78. The first-order valence-electron chi connectivity index (χ1n) is 5.97. The van der Waals surface area contributed by atoms with Crippen molar-refractivity contribution in [2.75, 3.05) is 0 Å². The Morgan fingerprint density at radius 2 is 1.95 bits per heavy atom. The first-order valence-corrected chi connectivity index (χ1v) is 5.97. The Morgan fingerprint density at radius 1 is 1.25 bits per heavy atom. The van der Waals surface area contributed by atoms with Crippen LogP contribution in [0.2, 0.25) is 0 Å². The molecule has 0 unspecified atom stereocenters. The molecule has 102 valence electrons. The third-order valence-electron chi connectivity index (χ3n) is 2.78. The predicted molar refractivity (Wildman–Crippen MR) is 76.3 cm³/mol. The van der Waals surface area contributed by atoms with Gasteiger partial charge in [-0.05, 0) is 31.5 Å². The summed E-state index contributed by atoms with van der Waals surface area (Å²) in [4.78, 5) is 22.2. The molecule has 1 aromatic carbocycles. The molecule has 2 rings (SSSR count). The summed E-state index contributed by atoms with van der Waals surface area (Å²) < 4.78 is 1.21. The van der Waals surface area contributed by atoms with Gasteiger partial charge < -0.3 is 0 Å². The molecular weight excluding hydrogens is 258 g/mol. The normalized spacial score (nSPS) is 10.9. The molecule has 0 spiro atoms. The SMILES string of the molecule is Cc1cc(C)n(/N=C/c2ccccc2[N+](=O)[O-])c(=O)c1. The Bertz CT molecular complexity index is 748. The highest BCUT2D eigenvalue weighted by Gasteiger charge is 2.10. The molecule has 0 fully saturated rings. The fourth-order valence-corrected chi connectivity index (χ4v) is 1.89. The van der Waals surface area contributed by atoms with E-state index >= 15 is 0 Å². The summed E-state index contributed by atoms with van der Waals surface area (Å²) >= 11 is 0. The predicted octanol–water partition coefficient (Wildman–Crippen LogP) is 2.26. The quantitative estimate of drug-likeness (QED) is 0.488. The van der Waals surface area contributed by atoms with Crippen molar-refractivity contribution in [3.05, 3.63) is 73.7 Å². The number of nitro benzene ring substituents is 1. The van der Waals surface area contributed by atoms with Crippen molar-refractivity contribution < 1.29 is 4.92 Å². The zero-order valence-electron chi connectivity index (χ0n) is 11.1. The van der Waals surface area contributed by atoms with Gasteiger partial charge in [-0.1, -0.05) is 12.1 Å². The average molecular weight is 271 g/mol. The van der Waals surface area contributed by atoms with Crippen molar-refractivity contribution in [2.45, 2.75) is 13.8 Å². The molecule has 0 N–H and O–H groups in total. The van der Waals surface area contributed by atoms with Crippen molar-refractivity contribution in [1.82, 2.24) is 4.68 Å². The van der Waals surface area contributed by atoms with Crippen LogP contribution in [0.25, 0.3) is 0 Å². The average Bonchev–Trinajstić information content (AvgIpc) is 2.37. The van der Waals surface area contributed by atoms with E-state index in [1.54, 1.807) is 25.1 Å². The second kappa shape index (κ2) is 5.48. The molecule has 0 aliphatic carbocycles. The van der Waals surface area contributed by atoms with Crippen LogP contribution >= 0.6 is 0 Å². The Morgan fingerprint density at radius 3 is 2.60 bits per heavy atom. The summed E-state index contributed by atoms with van der Waals surface area (Å²) in [7, 11) is 0. The molecule has 1 heterocycles. The summed E-state index contributed by atoms with van der Waals surface area (Å²) in [6, 6.07) is 9.52. The van der Waals surface area contributed by atoms with Crippen LogP contribution in [0.1, 0.15) is 16.8 Å². The number of benzene rings is 1. The number of hydrogen-bond donors (Lipinski definition) is 0. The van der Waals surface area contributed by atoms with Crippen LogP contribution in [-0.2, 0) is 0 Å². The minimum atomic E-state index is -0.480. The number of aromatic nitrogens is 1. The third kappa shape index (κ3) is 2.80. The van der Waals surface area contributed by atoms with E-state index in [2.05, 4.69) is 5.10 Å². The summed E-state index contributed by atoms with van der Waals surface area (Å²) in [6.45, 7) is 3.58. The summed E-state index contributed by atoms with van der Waals surface area (Å²) in [5.74, 6) is 0. The molecule has 1 aromatic heterocycles. The number of pyridine rings is 1. The second-order valence-electron chi connectivity index (χ2n) is 4.38. The highest BCUT2D eigenvalue weighted by Crippen LogP contribution is 2.15. The lowest BCUT2D eigenvalue weighted by atomic mass is 10.2. The molecule has 6 heteroatoms. The molecule has 0 saturated heterocycles. The van der Waals surface area contributed by atoms with Gasteiger partial charge in [-0.3, -0.25) is 14.9 Å². The largest absolute Gasteiger partial charge is 0.278 e. The van der Waals surface area contributed by atoms with Crippen LogP contribution in [0.4, 0.5) is 5.69 Å². The van der Waals surface area contributed by atoms with Gasteiger partial charge in [0.05, 0.1) is 16.7 Å². The summed E-state index contributed by atoms with van der Waals surface area (Å²) in [5, 5.41) is 14.9. The molecule has 0 radical (unpaired) electrons. The molecule has 20 heavy (non-hydrogen) atoms. The van der Waals surface area contributed by atoms with Gasteiger partial charge in [-0.2, -0.15) is 5.10 Å². The molecule has 0 amide bonds. The maximum absolute atomic E-state index is 11.8. The Hall–Kier alpha value is -2.76. The van der Waals surface area contributed by atoms with Gasteiger partial charge in [0, 0.05) is 17.8 Å². The highest BCUT2D eigenvalue weighted by atomic mass is 16.6. The van der Waals surface area contributed by atoms with Crippen molar-refractivity contribution in [1.29, 1.82) is 0 Å². The van der Waals surface area contributed by atoms with Crippen LogP contribution in [0.15, 0.2) is 46.3 Å². The van der Waals surface area contributed by atoms with Crippen molar-refractivity contribution in [3.8, 4) is 0 Å². The van der Waals surface area contributed by atoms with Crippen LogP contribution in [0, 0.1) is 24.0 Å². The number of nitro groups is 1. The highest BCUT2D eigenvalue weighted by molar-refractivity contribution is 5.85. The van der Waals surface area contributed by atoms with Gasteiger partial charge in [0.2, 0.25) is 0 Å². The monoisotopic (exact) mass is 271 g/mol. The van der Waals surface area contributed by atoms with Crippen molar-refractivity contribution in [2.24, 2.45) is 5.10 Å². The number of rotatable bonds is 3. The lowest BCUT2D eigenvalue weighted by Gasteiger charge is -2.04. The van der Waals surface area contributed by atoms with E-state index in [4.69, 9.17) is 0 Å². The topological polar surface area (TPSA) is 77.5 Å². The van der Waals surface area contributed by atoms with Gasteiger partial charge in [-0.15, -0.1) is 0 Å². The van der Waals surface area contributed by atoms with Gasteiger partial charge in [0.1, 0.15) is 0 Å². The number of para-hydroxylation sites is 1. The van der Waals surface area contributed by atoms with Crippen LogP contribution < -0.4 is 5.56 Å². The van der Waals surface area contributed by atoms with Crippen molar-refractivity contribution >= 4 is 11.9 Å². The van der Waals surface area contributed by atoms with E-state index in [-0.39, 0.29) is 11.2 Å². The zero-order chi connectivity index (χ0) is 14.7. The van der Waals surface area contributed by atoms with E-state index in [0.717, 1.165) is 5.56 Å². The molecule has 0 aliphatic heterocycles. The maximum atomic E-state index is 11.8. The van der Waals surface area contributed by atoms with E-state index in [0.29, 0.717) is 11.3 Å². The Balaban J connectivity index is 2.46. The zero-order valence-corrected chi connectivity index (χ0v) is 11.1. The van der Waals surface area contributed by atoms with Gasteiger partial charge in [0.25, 0.3) is 11.2 Å². The van der Waals surface area contributed by atoms with Gasteiger partial charge >= 0.3 is 0 Å². The molecular formula is C14H13N3O3. The van der Waals surface area contributed by atoms with E-state index in [1.807, 2.05) is 13.0 Å². The first kappa shape index (κ1) is 13.7. The molecule has 0 aliphatic rings. The lowest BCUT2D eigenvalue weighted by molar-refractivity contribution is -0.385.